The van der Waals surface area contributed by atoms with E-state index in [1.807, 2.05) is 0 Å². The van der Waals surface area contributed by atoms with E-state index >= 15 is 0 Å². The first kappa shape index (κ1) is 10.3. The van der Waals surface area contributed by atoms with E-state index in [9.17, 15) is 4.79 Å². The maximum atomic E-state index is 11.1. The molecule has 0 aromatic carbocycles. The maximum Gasteiger partial charge on any atom is 0.253 e. The van der Waals surface area contributed by atoms with Crippen LogP contribution in [0, 0.1) is 0 Å². The van der Waals surface area contributed by atoms with Crippen LogP contribution in [-0.2, 0) is 9.63 Å². The molecule has 66 valence electrons. The second kappa shape index (κ2) is 5.06. The first-order valence-electron chi connectivity index (χ1n) is 3.31. The van der Waals surface area contributed by atoms with Crippen LogP contribution < -0.4 is 5.90 Å². The van der Waals surface area contributed by atoms with E-state index in [1.165, 1.54) is 4.90 Å². The molecule has 5 heteroatoms. The fourth-order valence-corrected chi connectivity index (χ4v) is 0.655. The predicted molar refractivity (Wildman–Crippen MR) is 39.5 cm³/mol. The minimum Gasteiger partial charge on any atom is -0.396 e. The topological polar surface area (TPSA) is 75.8 Å². The molecule has 5 nitrogen and oxygen atoms in total. The number of likely N-dealkylation sites (N-methyl/N-ethyl adjacent to an activating group) is 1. The van der Waals surface area contributed by atoms with Crippen molar-refractivity contribution in [3.63, 3.8) is 0 Å². The second-order valence-electron chi connectivity index (χ2n) is 2.37. The number of carbonyl (C=O) groups is 1. The van der Waals surface area contributed by atoms with Gasteiger partial charge in [0.1, 0.15) is 0 Å². The number of nitrogens with zero attached hydrogens (tertiary/aromatic N) is 1. The quantitative estimate of drug-likeness (QED) is 0.505. The van der Waals surface area contributed by atoms with Crippen LogP contribution >= 0.6 is 0 Å². The Morgan fingerprint density at radius 2 is 2.27 bits per heavy atom. The third-order valence-corrected chi connectivity index (χ3v) is 1.27. The maximum absolute atomic E-state index is 11.1. The number of hydrogen-bond acceptors (Lipinski definition) is 4. The van der Waals surface area contributed by atoms with Gasteiger partial charge in [0.05, 0.1) is 0 Å². The summed E-state index contributed by atoms with van der Waals surface area (Å²) in [5.41, 5.74) is 0. The number of rotatable bonds is 4. The van der Waals surface area contributed by atoms with Gasteiger partial charge in [-0.05, 0) is 0 Å². The largest absolute Gasteiger partial charge is 0.396 e. The highest BCUT2D eigenvalue weighted by atomic mass is 16.6. The zero-order valence-electron chi connectivity index (χ0n) is 6.78. The number of amides is 1. The fourth-order valence-electron chi connectivity index (χ4n) is 0.655. The summed E-state index contributed by atoms with van der Waals surface area (Å²) in [7, 11) is 3.21. The SMILES string of the molecule is CN(C)C(=O)[C@H](CCO)ON. The van der Waals surface area contributed by atoms with Crippen molar-refractivity contribution in [2.75, 3.05) is 20.7 Å². The van der Waals surface area contributed by atoms with Gasteiger partial charge in [-0.3, -0.25) is 9.63 Å². The lowest BCUT2D eigenvalue weighted by atomic mass is 10.2. The normalized spacial score (nSPS) is 12.7. The summed E-state index contributed by atoms with van der Waals surface area (Å²) in [4.78, 5) is 16.8. The lowest BCUT2D eigenvalue weighted by Gasteiger charge is -2.17. The Bertz CT molecular complexity index is 127. The second-order valence-corrected chi connectivity index (χ2v) is 2.37. The Morgan fingerprint density at radius 1 is 1.73 bits per heavy atom. The number of nitrogens with two attached hydrogens (primary N) is 1. The number of aliphatic hydroxyl groups excluding tert-OH is 1. The van der Waals surface area contributed by atoms with Crippen molar-refractivity contribution in [3.05, 3.63) is 0 Å². The zero-order valence-corrected chi connectivity index (χ0v) is 6.78. The molecule has 0 aromatic rings. The van der Waals surface area contributed by atoms with Crippen molar-refractivity contribution < 1.29 is 14.7 Å². The average Bonchev–Trinajstić information content (AvgIpc) is 1.98. The van der Waals surface area contributed by atoms with E-state index in [2.05, 4.69) is 4.84 Å². The highest BCUT2D eigenvalue weighted by Gasteiger charge is 2.19. The van der Waals surface area contributed by atoms with Gasteiger partial charge in [0.2, 0.25) is 0 Å². The molecule has 0 rings (SSSR count). The van der Waals surface area contributed by atoms with E-state index in [4.69, 9.17) is 11.0 Å². The molecule has 0 aromatic heterocycles. The minimum atomic E-state index is -0.727. The molecule has 0 aliphatic heterocycles. The van der Waals surface area contributed by atoms with Crippen molar-refractivity contribution in [3.8, 4) is 0 Å². The predicted octanol–water partition coefficient (Wildman–Crippen LogP) is -1.28. The molecule has 0 saturated carbocycles. The van der Waals surface area contributed by atoms with E-state index < -0.39 is 6.10 Å². The minimum absolute atomic E-state index is 0.110. The van der Waals surface area contributed by atoms with Gasteiger partial charge in [-0.15, -0.1) is 0 Å². The molecule has 1 atom stereocenters. The summed E-state index contributed by atoms with van der Waals surface area (Å²) in [5.74, 6) is 4.60. The van der Waals surface area contributed by atoms with Crippen molar-refractivity contribution >= 4 is 5.91 Å². The average molecular weight is 162 g/mol. The smallest absolute Gasteiger partial charge is 0.253 e. The molecule has 0 unspecified atom stereocenters. The van der Waals surface area contributed by atoms with Gasteiger partial charge in [-0.1, -0.05) is 0 Å². The molecule has 0 radical (unpaired) electrons. The van der Waals surface area contributed by atoms with Gasteiger partial charge in [0.15, 0.2) is 6.10 Å². The number of aliphatic hydroxyl groups is 1. The van der Waals surface area contributed by atoms with Gasteiger partial charge >= 0.3 is 0 Å². The molecule has 0 bridgehead atoms. The summed E-state index contributed by atoms with van der Waals surface area (Å²) in [5, 5.41) is 8.49. The van der Waals surface area contributed by atoms with Gasteiger partial charge in [-0.25, -0.2) is 5.90 Å². The Balaban J connectivity index is 3.92. The highest BCUT2D eigenvalue weighted by molar-refractivity contribution is 5.80. The molecule has 0 spiro atoms. The Kier molecular flexibility index (Phi) is 4.76. The van der Waals surface area contributed by atoms with Crippen LogP contribution in [0.2, 0.25) is 0 Å². The van der Waals surface area contributed by atoms with Crippen LogP contribution in [-0.4, -0.2) is 42.7 Å². The monoisotopic (exact) mass is 162 g/mol. The van der Waals surface area contributed by atoms with Gasteiger partial charge in [0.25, 0.3) is 5.91 Å². The first-order valence-corrected chi connectivity index (χ1v) is 3.31. The molecule has 1 amide bonds. The molecule has 0 aliphatic carbocycles. The van der Waals surface area contributed by atoms with E-state index in [0.717, 1.165) is 0 Å². The van der Waals surface area contributed by atoms with Crippen LogP contribution in [0.15, 0.2) is 0 Å². The molecule has 0 heterocycles. The lowest BCUT2D eigenvalue weighted by molar-refractivity contribution is -0.142. The summed E-state index contributed by atoms with van der Waals surface area (Å²) in [6.07, 6.45) is -0.497. The van der Waals surface area contributed by atoms with Crippen LogP contribution in [0.25, 0.3) is 0 Å². The summed E-state index contributed by atoms with van der Waals surface area (Å²) < 4.78 is 0. The number of hydrogen-bond donors (Lipinski definition) is 2. The fraction of sp³-hybridized carbons (Fsp3) is 0.833. The van der Waals surface area contributed by atoms with Crippen molar-refractivity contribution in [2.24, 2.45) is 5.90 Å². The Labute approximate surface area is 65.7 Å². The van der Waals surface area contributed by atoms with Gasteiger partial charge in [0, 0.05) is 27.1 Å². The van der Waals surface area contributed by atoms with Crippen LogP contribution in [0.4, 0.5) is 0 Å². The van der Waals surface area contributed by atoms with Crippen LogP contribution in [0.1, 0.15) is 6.42 Å². The van der Waals surface area contributed by atoms with E-state index in [-0.39, 0.29) is 18.9 Å². The van der Waals surface area contributed by atoms with E-state index in [1.54, 1.807) is 14.1 Å². The van der Waals surface area contributed by atoms with Crippen molar-refractivity contribution in [1.82, 2.24) is 4.90 Å². The summed E-state index contributed by atoms with van der Waals surface area (Å²) in [6.45, 7) is -0.110. The van der Waals surface area contributed by atoms with Crippen LogP contribution in [0.3, 0.4) is 0 Å². The molecule has 0 aliphatic rings. The van der Waals surface area contributed by atoms with Crippen LogP contribution in [0.5, 0.6) is 0 Å². The number of carbonyl (C=O) groups excluding carboxylic acids is 1. The molecule has 0 saturated heterocycles. The van der Waals surface area contributed by atoms with Crippen molar-refractivity contribution in [2.45, 2.75) is 12.5 Å². The van der Waals surface area contributed by atoms with Crippen molar-refractivity contribution in [1.29, 1.82) is 0 Å². The third-order valence-electron chi connectivity index (χ3n) is 1.27. The van der Waals surface area contributed by atoms with Gasteiger partial charge < -0.3 is 10.0 Å². The molecular formula is C6H14N2O3. The highest BCUT2D eigenvalue weighted by Crippen LogP contribution is 1.97. The molecule has 11 heavy (non-hydrogen) atoms. The molecule has 0 fully saturated rings. The standard InChI is InChI=1S/C6H14N2O3/c1-8(2)6(10)5(11-7)3-4-9/h5,9H,3-4,7H2,1-2H3/t5-/m0/s1. The Morgan fingerprint density at radius 3 is 2.55 bits per heavy atom. The first-order chi connectivity index (χ1) is 5.13. The zero-order chi connectivity index (χ0) is 8.85. The lowest BCUT2D eigenvalue weighted by Crippen LogP contribution is -2.37. The molecule has 3 N–H and O–H groups in total. The van der Waals surface area contributed by atoms with E-state index in [0.29, 0.717) is 0 Å². The Hall–Kier alpha value is -0.650. The summed E-state index contributed by atoms with van der Waals surface area (Å²) >= 11 is 0. The molecular weight excluding hydrogens is 148 g/mol. The summed E-state index contributed by atoms with van der Waals surface area (Å²) in [6, 6.07) is 0. The van der Waals surface area contributed by atoms with Gasteiger partial charge in [-0.2, -0.15) is 0 Å². The third kappa shape index (κ3) is 3.31.